The normalized spacial score (nSPS) is 11.8. The summed E-state index contributed by atoms with van der Waals surface area (Å²) < 4.78 is 5.52. The fourth-order valence-corrected chi connectivity index (χ4v) is 5.55. The number of benzene rings is 4. The van der Waals surface area contributed by atoms with Crippen LogP contribution >= 0.6 is 11.8 Å². The maximum absolute atomic E-state index is 13.5. The van der Waals surface area contributed by atoms with Crippen LogP contribution in [0.15, 0.2) is 108 Å². The van der Waals surface area contributed by atoms with Gasteiger partial charge in [-0.2, -0.15) is 0 Å². The molecule has 0 aliphatic heterocycles. The van der Waals surface area contributed by atoms with Gasteiger partial charge in [-0.25, -0.2) is 0 Å². The highest BCUT2D eigenvalue weighted by molar-refractivity contribution is 8.00. The molecule has 0 aromatic heterocycles. The predicted molar refractivity (Wildman–Crippen MR) is 179 cm³/mol. The SMILES string of the molecule is CCOc1ccc(/C=C(/NC(=O)c2ccccc2)C(=O)Nc2cccc(SC(CC)C(=O)Nc3cc(C)cc(C)c3)c2)cc1. The van der Waals surface area contributed by atoms with Crippen LogP contribution in [-0.4, -0.2) is 29.6 Å². The summed E-state index contributed by atoms with van der Waals surface area (Å²) in [4.78, 5) is 40.5. The number of aryl methyl sites for hydroxylation is 2. The molecular weight excluding hydrogens is 570 g/mol. The van der Waals surface area contributed by atoms with Crippen molar-refractivity contribution >= 4 is 46.9 Å². The summed E-state index contributed by atoms with van der Waals surface area (Å²) in [5, 5.41) is 8.37. The molecule has 3 amide bonds. The quantitative estimate of drug-likeness (QED) is 0.114. The topological polar surface area (TPSA) is 96.5 Å². The highest BCUT2D eigenvalue weighted by Gasteiger charge is 2.20. The largest absolute Gasteiger partial charge is 0.494 e. The van der Waals surface area contributed by atoms with Crippen LogP contribution in [0.5, 0.6) is 5.75 Å². The highest BCUT2D eigenvalue weighted by Crippen LogP contribution is 2.29. The summed E-state index contributed by atoms with van der Waals surface area (Å²) in [6.07, 6.45) is 2.24. The predicted octanol–water partition coefficient (Wildman–Crippen LogP) is 7.62. The fourth-order valence-electron chi connectivity index (χ4n) is 4.54. The minimum absolute atomic E-state index is 0.0823. The number of anilines is 2. The molecule has 0 aliphatic carbocycles. The van der Waals surface area contributed by atoms with Crippen LogP contribution in [0.2, 0.25) is 0 Å². The molecule has 4 aromatic rings. The Labute approximate surface area is 263 Å². The lowest BCUT2D eigenvalue weighted by atomic mass is 10.1. The molecule has 0 spiro atoms. The summed E-state index contributed by atoms with van der Waals surface area (Å²) >= 11 is 1.43. The lowest BCUT2D eigenvalue weighted by Gasteiger charge is -2.16. The van der Waals surface area contributed by atoms with Gasteiger partial charge < -0.3 is 20.7 Å². The van der Waals surface area contributed by atoms with Crippen LogP contribution in [0.4, 0.5) is 11.4 Å². The zero-order valence-electron chi connectivity index (χ0n) is 25.3. The van der Waals surface area contributed by atoms with Gasteiger partial charge in [0.1, 0.15) is 11.4 Å². The minimum Gasteiger partial charge on any atom is -0.494 e. The molecule has 7 nitrogen and oxygen atoms in total. The molecule has 0 fully saturated rings. The Hall–Kier alpha value is -4.82. The Morgan fingerprint density at radius 2 is 1.50 bits per heavy atom. The van der Waals surface area contributed by atoms with Crippen molar-refractivity contribution < 1.29 is 19.1 Å². The van der Waals surface area contributed by atoms with E-state index >= 15 is 0 Å². The molecule has 0 saturated heterocycles. The minimum atomic E-state index is -0.482. The number of hydrogen-bond donors (Lipinski definition) is 3. The molecule has 1 unspecified atom stereocenters. The molecule has 0 radical (unpaired) electrons. The third-order valence-corrected chi connectivity index (χ3v) is 7.91. The van der Waals surface area contributed by atoms with Crippen molar-refractivity contribution in [1.29, 1.82) is 0 Å². The second-order valence-corrected chi connectivity index (χ2v) is 11.5. The summed E-state index contributed by atoms with van der Waals surface area (Å²) in [6, 6.07) is 29.3. The van der Waals surface area contributed by atoms with Gasteiger partial charge in [0, 0.05) is 21.8 Å². The monoisotopic (exact) mass is 607 g/mol. The number of amides is 3. The molecule has 0 saturated carbocycles. The van der Waals surface area contributed by atoms with Crippen molar-refractivity contribution in [3.63, 3.8) is 0 Å². The van der Waals surface area contributed by atoms with E-state index in [4.69, 9.17) is 4.74 Å². The number of hydrogen-bond acceptors (Lipinski definition) is 5. The Morgan fingerprint density at radius 3 is 2.16 bits per heavy atom. The van der Waals surface area contributed by atoms with Crippen molar-refractivity contribution in [1.82, 2.24) is 5.32 Å². The van der Waals surface area contributed by atoms with Crippen molar-refractivity contribution in [2.45, 2.75) is 44.3 Å². The Kier molecular flexibility index (Phi) is 11.4. The molecule has 0 heterocycles. The van der Waals surface area contributed by atoms with Gasteiger partial charge in [-0.05, 0) is 105 Å². The van der Waals surface area contributed by atoms with Crippen LogP contribution in [-0.2, 0) is 9.59 Å². The number of ether oxygens (including phenoxy) is 1. The summed E-state index contributed by atoms with van der Waals surface area (Å²) in [5.74, 6) is -0.250. The van der Waals surface area contributed by atoms with Gasteiger partial charge >= 0.3 is 0 Å². The third-order valence-electron chi connectivity index (χ3n) is 6.55. The first-order valence-corrected chi connectivity index (χ1v) is 15.4. The first-order chi connectivity index (χ1) is 21.2. The molecule has 226 valence electrons. The molecule has 4 aromatic carbocycles. The molecule has 0 bridgehead atoms. The smallest absolute Gasteiger partial charge is 0.272 e. The maximum Gasteiger partial charge on any atom is 0.272 e. The molecule has 44 heavy (non-hydrogen) atoms. The molecule has 8 heteroatoms. The lowest BCUT2D eigenvalue weighted by Crippen LogP contribution is -2.30. The van der Waals surface area contributed by atoms with Crippen molar-refractivity contribution in [3.8, 4) is 5.75 Å². The van der Waals surface area contributed by atoms with E-state index in [1.807, 2.05) is 88.4 Å². The van der Waals surface area contributed by atoms with E-state index in [2.05, 4.69) is 22.0 Å². The van der Waals surface area contributed by atoms with Gasteiger partial charge in [-0.3, -0.25) is 14.4 Å². The Balaban J connectivity index is 1.50. The van der Waals surface area contributed by atoms with E-state index in [1.165, 1.54) is 11.8 Å². The van der Waals surface area contributed by atoms with Gasteiger partial charge in [0.2, 0.25) is 5.91 Å². The molecule has 0 aliphatic rings. The van der Waals surface area contributed by atoms with Gasteiger partial charge in [0.15, 0.2) is 0 Å². The fraction of sp³-hybridized carbons (Fsp3) is 0.194. The van der Waals surface area contributed by atoms with E-state index in [0.717, 1.165) is 27.3 Å². The number of thioether (sulfide) groups is 1. The van der Waals surface area contributed by atoms with Crippen LogP contribution in [0.1, 0.15) is 47.3 Å². The van der Waals surface area contributed by atoms with Crippen LogP contribution < -0.4 is 20.7 Å². The molecule has 4 rings (SSSR count). The van der Waals surface area contributed by atoms with Crippen molar-refractivity contribution in [2.24, 2.45) is 0 Å². The first-order valence-electron chi connectivity index (χ1n) is 14.5. The summed E-state index contributed by atoms with van der Waals surface area (Å²) in [6.45, 7) is 8.42. The van der Waals surface area contributed by atoms with Crippen LogP contribution in [0.3, 0.4) is 0 Å². The Morgan fingerprint density at radius 1 is 0.795 bits per heavy atom. The number of rotatable bonds is 12. The van der Waals surface area contributed by atoms with Crippen LogP contribution in [0, 0.1) is 13.8 Å². The zero-order chi connectivity index (χ0) is 31.5. The van der Waals surface area contributed by atoms with Gasteiger partial charge in [-0.15, -0.1) is 11.8 Å². The second kappa shape index (κ2) is 15.6. The summed E-state index contributed by atoms with van der Waals surface area (Å²) in [7, 11) is 0. The second-order valence-electron chi connectivity index (χ2n) is 10.2. The van der Waals surface area contributed by atoms with Gasteiger partial charge in [0.25, 0.3) is 11.8 Å². The van der Waals surface area contributed by atoms with Gasteiger partial charge in [-0.1, -0.05) is 49.4 Å². The van der Waals surface area contributed by atoms with Crippen molar-refractivity contribution in [3.05, 3.63) is 125 Å². The van der Waals surface area contributed by atoms with E-state index in [9.17, 15) is 14.4 Å². The highest BCUT2D eigenvalue weighted by atomic mass is 32.2. The number of carbonyl (C=O) groups is 3. The van der Waals surface area contributed by atoms with E-state index in [1.54, 1.807) is 36.4 Å². The number of nitrogens with one attached hydrogen (secondary N) is 3. The molecule has 3 N–H and O–H groups in total. The first kappa shape index (κ1) is 32.1. The summed E-state index contributed by atoms with van der Waals surface area (Å²) in [5.41, 5.74) is 4.71. The Bertz CT molecular complexity index is 1610. The lowest BCUT2D eigenvalue weighted by molar-refractivity contribution is -0.116. The van der Waals surface area contributed by atoms with E-state index < -0.39 is 11.8 Å². The van der Waals surface area contributed by atoms with E-state index in [-0.39, 0.29) is 16.9 Å². The standard InChI is InChI=1S/C36H37N3O4S/c1-5-33(36(42)38-29-20-24(3)19-25(4)21-29)44-31-14-10-13-28(23-31)37-35(41)32(39-34(40)27-11-8-7-9-12-27)22-26-15-17-30(18-16-26)43-6-2/h7-23,33H,5-6H2,1-4H3,(H,37,41)(H,38,42)(H,39,40)/b32-22+. The van der Waals surface area contributed by atoms with E-state index in [0.29, 0.717) is 30.0 Å². The molecular formula is C36H37N3O4S. The van der Waals surface area contributed by atoms with Crippen LogP contribution in [0.25, 0.3) is 6.08 Å². The van der Waals surface area contributed by atoms with Gasteiger partial charge in [0.05, 0.1) is 11.9 Å². The molecule has 1 atom stereocenters. The average molecular weight is 608 g/mol. The number of carbonyl (C=O) groups excluding carboxylic acids is 3. The third kappa shape index (κ3) is 9.34. The maximum atomic E-state index is 13.5. The average Bonchev–Trinajstić information content (AvgIpc) is 3.00. The zero-order valence-corrected chi connectivity index (χ0v) is 26.2. The van der Waals surface area contributed by atoms with Crippen molar-refractivity contribution in [2.75, 3.05) is 17.2 Å².